The summed E-state index contributed by atoms with van der Waals surface area (Å²) >= 11 is 0. The maximum absolute atomic E-state index is 9.99. The number of aliphatic hydroxyl groups excluding tert-OH is 1. The van der Waals surface area contributed by atoms with Gasteiger partial charge in [0.15, 0.2) is 0 Å². The number of phenols is 1. The van der Waals surface area contributed by atoms with Crippen LogP contribution in [-0.4, -0.2) is 35.7 Å². The first-order chi connectivity index (χ1) is 9.62. The molecule has 0 aliphatic carbocycles. The van der Waals surface area contributed by atoms with Crippen molar-refractivity contribution in [1.29, 1.82) is 0 Å². The number of benzene rings is 1. The lowest BCUT2D eigenvalue weighted by molar-refractivity contribution is 0.111. The van der Waals surface area contributed by atoms with Gasteiger partial charge in [0.1, 0.15) is 11.5 Å². The fourth-order valence-electron chi connectivity index (χ4n) is 2.13. The van der Waals surface area contributed by atoms with Crippen LogP contribution in [0.2, 0.25) is 0 Å². The molecule has 1 aromatic rings. The Morgan fingerprint density at radius 2 is 1.95 bits per heavy atom. The number of aliphatic hydroxyl groups is 1. The number of nitrogens with zero attached hydrogens (tertiary/aromatic N) is 1. The molecule has 0 spiro atoms. The van der Waals surface area contributed by atoms with Crippen LogP contribution in [0.25, 0.3) is 0 Å². The molecular formula is C16H25NO3. The normalized spacial score (nSPS) is 13.1. The number of aromatic hydroxyl groups is 1. The molecule has 0 bridgehead atoms. The highest BCUT2D eigenvalue weighted by molar-refractivity contribution is 5.84. The Bertz CT molecular complexity index is 428. The van der Waals surface area contributed by atoms with E-state index < -0.39 is 6.10 Å². The summed E-state index contributed by atoms with van der Waals surface area (Å²) in [5.41, 5.74) is 0.604. The van der Waals surface area contributed by atoms with Gasteiger partial charge in [-0.05, 0) is 31.0 Å². The van der Waals surface area contributed by atoms with Crippen molar-refractivity contribution in [1.82, 2.24) is 0 Å². The molecule has 0 amide bonds. The molecular weight excluding hydrogens is 254 g/mol. The van der Waals surface area contributed by atoms with Crippen molar-refractivity contribution < 1.29 is 14.9 Å². The Kier molecular flexibility index (Phi) is 7.09. The minimum Gasteiger partial charge on any atom is -0.507 e. The van der Waals surface area contributed by atoms with E-state index in [0.717, 1.165) is 12.8 Å². The molecule has 0 heterocycles. The number of rotatable bonds is 8. The lowest BCUT2D eigenvalue weighted by atomic mass is 9.97. The second-order valence-electron chi connectivity index (χ2n) is 4.79. The maximum atomic E-state index is 9.99. The smallest absolute Gasteiger partial charge is 0.124 e. The van der Waals surface area contributed by atoms with E-state index in [4.69, 9.17) is 4.74 Å². The van der Waals surface area contributed by atoms with Crippen LogP contribution in [0, 0.1) is 5.92 Å². The number of aliphatic imine (C=N–C) groups is 1. The van der Waals surface area contributed by atoms with E-state index in [1.54, 1.807) is 24.4 Å². The summed E-state index contributed by atoms with van der Waals surface area (Å²) in [6.07, 6.45) is 3.04. The summed E-state index contributed by atoms with van der Waals surface area (Å²) in [5.74, 6) is 1.14. The summed E-state index contributed by atoms with van der Waals surface area (Å²) in [6, 6.07) is 5.05. The van der Waals surface area contributed by atoms with Gasteiger partial charge in [-0.3, -0.25) is 4.99 Å². The monoisotopic (exact) mass is 279 g/mol. The largest absolute Gasteiger partial charge is 0.507 e. The highest BCUT2D eigenvalue weighted by Gasteiger charge is 2.14. The fraction of sp³-hybridized carbons (Fsp3) is 0.562. The van der Waals surface area contributed by atoms with Crippen LogP contribution in [0.1, 0.15) is 39.2 Å². The van der Waals surface area contributed by atoms with Crippen LogP contribution in [-0.2, 0) is 0 Å². The maximum Gasteiger partial charge on any atom is 0.124 e. The van der Waals surface area contributed by atoms with E-state index in [9.17, 15) is 10.2 Å². The zero-order valence-corrected chi connectivity index (χ0v) is 12.5. The van der Waals surface area contributed by atoms with Crippen molar-refractivity contribution in [3.8, 4) is 11.5 Å². The quantitative estimate of drug-likeness (QED) is 0.719. The van der Waals surface area contributed by atoms with E-state index in [0.29, 0.717) is 24.5 Å². The molecule has 20 heavy (non-hydrogen) atoms. The molecule has 0 saturated heterocycles. The minimum absolute atomic E-state index is 0.161. The van der Waals surface area contributed by atoms with Crippen LogP contribution in [0.15, 0.2) is 23.2 Å². The van der Waals surface area contributed by atoms with Gasteiger partial charge in [0.2, 0.25) is 0 Å². The summed E-state index contributed by atoms with van der Waals surface area (Å²) in [4.78, 5) is 4.23. The van der Waals surface area contributed by atoms with Crippen LogP contribution in [0.3, 0.4) is 0 Å². The van der Waals surface area contributed by atoms with Gasteiger partial charge in [-0.25, -0.2) is 0 Å². The van der Waals surface area contributed by atoms with Crippen molar-refractivity contribution in [2.75, 3.05) is 13.2 Å². The Morgan fingerprint density at radius 3 is 2.55 bits per heavy atom. The van der Waals surface area contributed by atoms with E-state index in [1.807, 2.05) is 6.92 Å². The molecule has 0 radical (unpaired) electrons. The number of ether oxygens (including phenoxy) is 1. The molecule has 4 heteroatoms. The molecule has 1 unspecified atom stereocenters. The van der Waals surface area contributed by atoms with Gasteiger partial charge in [0.05, 0.1) is 19.3 Å². The predicted molar refractivity (Wildman–Crippen MR) is 81.8 cm³/mol. The average molecular weight is 279 g/mol. The first-order valence-electron chi connectivity index (χ1n) is 7.26. The van der Waals surface area contributed by atoms with Crippen molar-refractivity contribution in [3.63, 3.8) is 0 Å². The van der Waals surface area contributed by atoms with E-state index in [1.165, 1.54) is 0 Å². The summed E-state index contributed by atoms with van der Waals surface area (Å²) in [6.45, 7) is 6.98. The van der Waals surface area contributed by atoms with Crippen LogP contribution < -0.4 is 4.74 Å². The Balaban J connectivity index is 2.67. The minimum atomic E-state index is -0.432. The Hall–Kier alpha value is -1.55. The number of hydrogen-bond acceptors (Lipinski definition) is 4. The van der Waals surface area contributed by atoms with Gasteiger partial charge in [0, 0.05) is 11.8 Å². The summed E-state index contributed by atoms with van der Waals surface area (Å²) in [7, 11) is 0. The molecule has 0 aromatic heterocycles. The SMILES string of the molecule is CCOc1ccc(O)c(C=NCC(O)C(CC)CC)c1. The third-order valence-corrected chi connectivity index (χ3v) is 3.43. The first kappa shape index (κ1) is 16.5. The van der Waals surface area contributed by atoms with Crippen LogP contribution in [0.5, 0.6) is 11.5 Å². The van der Waals surface area contributed by atoms with Crippen molar-refractivity contribution in [2.24, 2.45) is 10.9 Å². The van der Waals surface area contributed by atoms with Crippen LogP contribution in [0.4, 0.5) is 0 Å². The molecule has 2 N–H and O–H groups in total. The van der Waals surface area contributed by atoms with Gasteiger partial charge in [0.25, 0.3) is 0 Å². The van der Waals surface area contributed by atoms with Gasteiger partial charge in [-0.2, -0.15) is 0 Å². The Morgan fingerprint density at radius 1 is 1.25 bits per heavy atom. The molecule has 0 aliphatic heterocycles. The number of hydrogen-bond donors (Lipinski definition) is 2. The zero-order chi connectivity index (χ0) is 15.0. The standard InChI is InChI=1S/C16H25NO3/c1-4-12(5-2)16(19)11-17-10-13-9-14(20-6-3)7-8-15(13)18/h7-10,12,16,18-19H,4-6,11H2,1-3H3. The average Bonchev–Trinajstić information content (AvgIpc) is 2.44. The van der Waals surface area contributed by atoms with E-state index >= 15 is 0 Å². The lowest BCUT2D eigenvalue weighted by Gasteiger charge is -2.17. The van der Waals surface area contributed by atoms with E-state index in [-0.39, 0.29) is 11.7 Å². The molecule has 0 fully saturated rings. The fourth-order valence-corrected chi connectivity index (χ4v) is 2.13. The topological polar surface area (TPSA) is 62.0 Å². The third kappa shape index (κ3) is 4.85. The summed E-state index contributed by atoms with van der Waals surface area (Å²) < 4.78 is 5.38. The van der Waals surface area contributed by atoms with Gasteiger partial charge >= 0.3 is 0 Å². The third-order valence-electron chi connectivity index (χ3n) is 3.43. The molecule has 1 aromatic carbocycles. The van der Waals surface area contributed by atoms with Gasteiger partial charge < -0.3 is 14.9 Å². The van der Waals surface area contributed by atoms with E-state index in [2.05, 4.69) is 18.8 Å². The summed E-state index contributed by atoms with van der Waals surface area (Å²) in [5, 5.41) is 19.8. The van der Waals surface area contributed by atoms with Crippen molar-refractivity contribution >= 4 is 6.21 Å². The molecule has 112 valence electrons. The zero-order valence-electron chi connectivity index (χ0n) is 12.5. The van der Waals surface area contributed by atoms with Gasteiger partial charge in [-0.15, -0.1) is 0 Å². The molecule has 0 saturated carbocycles. The molecule has 1 atom stereocenters. The second-order valence-corrected chi connectivity index (χ2v) is 4.79. The lowest BCUT2D eigenvalue weighted by Crippen LogP contribution is -2.22. The molecule has 0 aliphatic rings. The molecule has 4 nitrogen and oxygen atoms in total. The Labute approximate surface area is 121 Å². The van der Waals surface area contributed by atoms with Gasteiger partial charge in [-0.1, -0.05) is 26.7 Å². The van der Waals surface area contributed by atoms with Crippen LogP contribution >= 0.6 is 0 Å². The highest BCUT2D eigenvalue weighted by Crippen LogP contribution is 2.21. The number of phenolic OH excluding ortho intramolecular Hbond substituents is 1. The van der Waals surface area contributed by atoms with Crippen molar-refractivity contribution in [2.45, 2.75) is 39.7 Å². The van der Waals surface area contributed by atoms with Crippen molar-refractivity contribution in [3.05, 3.63) is 23.8 Å². The first-order valence-corrected chi connectivity index (χ1v) is 7.26. The second kappa shape index (κ2) is 8.59. The molecule has 1 rings (SSSR count). The predicted octanol–water partition coefficient (Wildman–Crippen LogP) is 3.01. The highest BCUT2D eigenvalue weighted by atomic mass is 16.5.